The molecule has 2 aromatic rings. The third-order valence-electron chi connectivity index (χ3n) is 4.40. The highest BCUT2D eigenvalue weighted by atomic mass is 35.5. The number of nitrogens with zero attached hydrogens (tertiary/aromatic N) is 2. The molecule has 1 N–H and O–H groups in total. The van der Waals surface area contributed by atoms with Crippen molar-refractivity contribution < 1.29 is 4.79 Å². The van der Waals surface area contributed by atoms with E-state index in [0.29, 0.717) is 28.7 Å². The Bertz CT molecular complexity index is 776. The molecular weight excluding hydrogens is 393 g/mol. The van der Waals surface area contributed by atoms with Gasteiger partial charge in [0.25, 0.3) is 0 Å². The molecule has 0 atom stereocenters. The zero-order valence-electron chi connectivity index (χ0n) is 14.2. The van der Waals surface area contributed by atoms with Crippen LogP contribution in [0.1, 0.15) is 6.42 Å². The summed E-state index contributed by atoms with van der Waals surface area (Å²) in [5.41, 5.74) is 1.69. The molecule has 0 bridgehead atoms. The Morgan fingerprint density at radius 2 is 1.69 bits per heavy atom. The molecule has 0 aromatic heterocycles. The molecule has 3 rings (SSSR count). The van der Waals surface area contributed by atoms with Crippen LogP contribution in [0.2, 0.25) is 15.1 Å². The van der Waals surface area contributed by atoms with Gasteiger partial charge < -0.3 is 10.2 Å². The standard InChI is InChI=1S/C19H20Cl3N3O/c20-14-2-1-3-16(12-14)25-10-8-24(9-11-25)7-6-19(26)23-18-13-15(21)4-5-17(18)22/h1-5,12-13H,6-11H2,(H,23,26). The van der Waals surface area contributed by atoms with Gasteiger partial charge in [-0.05, 0) is 36.4 Å². The number of hydrogen-bond acceptors (Lipinski definition) is 3. The van der Waals surface area contributed by atoms with Crippen molar-refractivity contribution in [2.24, 2.45) is 0 Å². The van der Waals surface area contributed by atoms with Crippen LogP contribution in [0, 0.1) is 0 Å². The van der Waals surface area contributed by atoms with E-state index in [1.807, 2.05) is 18.2 Å². The fraction of sp³-hybridized carbons (Fsp3) is 0.316. The summed E-state index contributed by atoms with van der Waals surface area (Å²) in [7, 11) is 0. The summed E-state index contributed by atoms with van der Waals surface area (Å²) < 4.78 is 0. The van der Waals surface area contributed by atoms with E-state index >= 15 is 0 Å². The fourth-order valence-electron chi connectivity index (χ4n) is 2.97. The lowest BCUT2D eigenvalue weighted by molar-refractivity contribution is -0.116. The van der Waals surface area contributed by atoms with Gasteiger partial charge in [0.15, 0.2) is 0 Å². The van der Waals surface area contributed by atoms with Crippen LogP contribution in [0.5, 0.6) is 0 Å². The predicted molar refractivity (Wildman–Crippen MR) is 110 cm³/mol. The van der Waals surface area contributed by atoms with Gasteiger partial charge in [0.2, 0.25) is 5.91 Å². The van der Waals surface area contributed by atoms with Crippen LogP contribution in [0.25, 0.3) is 0 Å². The van der Waals surface area contributed by atoms with Crippen molar-refractivity contribution >= 4 is 52.1 Å². The summed E-state index contributed by atoms with van der Waals surface area (Å²) in [5, 5.41) is 4.60. The van der Waals surface area contributed by atoms with Gasteiger partial charge in [-0.3, -0.25) is 9.69 Å². The second kappa shape index (κ2) is 8.96. The molecule has 0 unspecified atom stereocenters. The van der Waals surface area contributed by atoms with Gasteiger partial charge in [0.05, 0.1) is 10.7 Å². The van der Waals surface area contributed by atoms with Gasteiger partial charge in [-0.1, -0.05) is 40.9 Å². The van der Waals surface area contributed by atoms with Crippen molar-refractivity contribution in [1.29, 1.82) is 0 Å². The minimum absolute atomic E-state index is 0.0635. The molecule has 1 aliphatic rings. The first kappa shape index (κ1) is 19.3. The van der Waals surface area contributed by atoms with Gasteiger partial charge in [-0.15, -0.1) is 0 Å². The minimum atomic E-state index is -0.0635. The summed E-state index contributed by atoms with van der Waals surface area (Å²) >= 11 is 18.1. The summed E-state index contributed by atoms with van der Waals surface area (Å²) in [6.45, 7) is 4.38. The average molecular weight is 413 g/mol. The van der Waals surface area contributed by atoms with Crippen molar-refractivity contribution in [2.75, 3.05) is 42.9 Å². The highest BCUT2D eigenvalue weighted by Gasteiger charge is 2.18. The Hall–Kier alpha value is -1.46. The largest absolute Gasteiger partial charge is 0.369 e. The third kappa shape index (κ3) is 5.27. The highest BCUT2D eigenvalue weighted by molar-refractivity contribution is 6.35. The molecule has 0 spiro atoms. The first-order chi connectivity index (χ1) is 12.5. The monoisotopic (exact) mass is 411 g/mol. The van der Waals surface area contributed by atoms with Crippen molar-refractivity contribution in [2.45, 2.75) is 6.42 Å². The van der Waals surface area contributed by atoms with Crippen LogP contribution < -0.4 is 10.2 Å². The zero-order valence-corrected chi connectivity index (χ0v) is 16.5. The third-order valence-corrected chi connectivity index (χ3v) is 5.20. The van der Waals surface area contributed by atoms with E-state index < -0.39 is 0 Å². The number of hydrogen-bond donors (Lipinski definition) is 1. The lowest BCUT2D eigenvalue weighted by atomic mass is 10.2. The molecule has 7 heteroatoms. The van der Waals surface area contributed by atoms with Crippen molar-refractivity contribution in [1.82, 2.24) is 4.90 Å². The molecule has 0 saturated carbocycles. The molecule has 1 amide bonds. The Morgan fingerprint density at radius 3 is 2.42 bits per heavy atom. The maximum absolute atomic E-state index is 12.2. The van der Waals surface area contributed by atoms with E-state index in [4.69, 9.17) is 34.8 Å². The SMILES string of the molecule is O=C(CCN1CCN(c2cccc(Cl)c2)CC1)Nc1cc(Cl)ccc1Cl. The van der Waals surface area contributed by atoms with E-state index in [0.717, 1.165) is 36.9 Å². The molecular formula is C19H20Cl3N3O. The molecule has 138 valence electrons. The van der Waals surface area contributed by atoms with E-state index in [1.54, 1.807) is 18.2 Å². The number of carbonyl (C=O) groups is 1. The summed E-state index contributed by atoms with van der Waals surface area (Å²) in [6.07, 6.45) is 0.417. The second-order valence-corrected chi connectivity index (χ2v) is 7.51. The van der Waals surface area contributed by atoms with E-state index in [1.165, 1.54) is 0 Å². The van der Waals surface area contributed by atoms with Gasteiger partial charge in [0.1, 0.15) is 0 Å². The van der Waals surface area contributed by atoms with Crippen LogP contribution in [0.4, 0.5) is 11.4 Å². The Kier molecular flexibility index (Phi) is 6.65. The van der Waals surface area contributed by atoms with Gasteiger partial charge in [-0.2, -0.15) is 0 Å². The lowest BCUT2D eigenvalue weighted by Gasteiger charge is -2.36. The van der Waals surface area contributed by atoms with Crippen LogP contribution in [0.3, 0.4) is 0 Å². The van der Waals surface area contributed by atoms with Gasteiger partial charge in [-0.25, -0.2) is 0 Å². The molecule has 2 aromatic carbocycles. The number of rotatable bonds is 5. The fourth-order valence-corrected chi connectivity index (χ4v) is 3.49. The summed E-state index contributed by atoms with van der Waals surface area (Å²) in [6, 6.07) is 12.9. The van der Waals surface area contributed by atoms with Crippen molar-refractivity contribution in [3.05, 3.63) is 57.5 Å². The van der Waals surface area contributed by atoms with Crippen molar-refractivity contribution in [3.8, 4) is 0 Å². The molecule has 1 aliphatic heterocycles. The topological polar surface area (TPSA) is 35.6 Å². The molecule has 26 heavy (non-hydrogen) atoms. The molecule has 0 aliphatic carbocycles. The van der Waals surface area contributed by atoms with Gasteiger partial charge >= 0.3 is 0 Å². The summed E-state index contributed by atoms with van der Waals surface area (Å²) in [5.74, 6) is -0.0635. The predicted octanol–water partition coefficient (Wildman–Crippen LogP) is 4.80. The molecule has 1 saturated heterocycles. The number of benzene rings is 2. The minimum Gasteiger partial charge on any atom is -0.369 e. The Labute approximate surface area is 168 Å². The molecule has 1 fully saturated rings. The first-order valence-corrected chi connectivity index (χ1v) is 9.62. The molecule has 1 heterocycles. The van der Waals surface area contributed by atoms with E-state index in [9.17, 15) is 4.79 Å². The number of piperazine rings is 1. The van der Waals surface area contributed by atoms with Gasteiger partial charge in [0, 0.05) is 54.9 Å². The average Bonchev–Trinajstić information content (AvgIpc) is 2.63. The number of amides is 1. The van der Waals surface area contributed by atoms with Crippen LogP contribution in [-0.4, -0.2) is 43.5 Å². The second-order valence-electron chi connectivity index (χ2n) is 6.23. The van der Waals surface area contributed by atoms with Crippen LogP contribution in [-0.2, 0) is 4.79 Å². The smallest absolute Gasteiger partial charge is 0.225 e. The highest BCUT2D eigenvalue weighted by Crippen LogP contribution is 2.25. The number of halogens is 3. The number of anilines is 2. The molecule has 4 nitrogen and oxygen atoms in total. The lowest BCUT2D eigenvalue weighted by Crippen LogP contribution is -2.47. The first-order valence-electron chi connectivity index (χ1n) is 8.49. The summed E-state index contributed by atoms with van der Waals surface area (Å²) in [4.78, 5) is 16.8. The van der Waals surface area contributed by atoms with Crippen LogP contribution >= 0.6 is 34.8 Å². The molecule has 0 radical (unpaired) electrons. The van der Waals surface area contributed by atoms with E-state index in [-0.39, 0.29) is 5.91 Å². The van der Waals surface area contributed by atoms with E-state index in [2.05, 4.69) is 21.2 Å². The number of nitrogens with one attached hydrogen (secondary N) is 1. The van der Waals surface area contributed by atoms with Crippen LogP contribution in [0.15, 0.2) is 42.5 Å². The Balaban J connectivity index is 1.45. The maximum Gasteiger partial charge on any atom is 0.225 e. The van der Waals surface area contributed by atoms with Crippen molar-refractivity contribution in [3.63, 3.8) is 0 Å². The maximum atomic E-state index is 12.2. The Morgan fingerprint density at radius 1 is 0.962 bits per heavy atom. The zero-order chi connectivity index (χ0) is 18.5. The quantitative estimate of drug-likeness (QED) is 0.766. The normalized spacial score (nSPS) is 15.1. The number of carbonyl (C=O) groups excluding carboxylic acids is 1.